The third kappa shape index (κ3) is 2.96. The van der Waals surface area contributed by atoms with E-state index in [0.717, 1.165) is 5.69 Å². The Bertz CT molecular complexity index is 573. The van der Waals surface area contributed by atoms with Crippen LogP contribution in [0.25, 0.3) is 0 Å². The van der Waals surface area contributed by atoms with Crippen LogP contribution >= 0.6 is 11.6 Å². The molecular formula is C13H9ClN2O. The van der Waals surface area contributed by atoms with Crippen LogP contribution in [0.1, 0.15) is 11.3 Å². The number of nitrogens with zero attached hydrogens (tertiary/aromatic N) is 2. The first-order chi connectivity index (χ1) is 8.17. The van der Waals surface area contributed by atoms with E-state index >= 15 is 0 Å². The van der Waals surface area contributed by atoms with Crippen molar-refractivity contribution in [1.29, 1.82) is 5.26 Å². The molecule has 0 aliphatic rings. The Morgan fingerprint density at radius 3 is 2.59 bits per heavy atom. The van der Waals surface area contributed by atoms with E-state index in [9.17, 15) is 0 Å². The highest BCUT2D eigenvalue weighted by molar-refractivity contribution is 6.30. The number of aryl methyl sites for hydroxylation is 1. The number of benzene rings is 1. The number of nitriles is 1. The fourth-order valence-corrected chi connectivity index (χ4v) is 1.50. The highest BCUT2D eigenvalue weighted by Gasteiger charge is 2.02. The quantitative estimate of drug-likeness (QED) is 0.809. The molecule has 0 spiro atoms. The van der Waals surface area contributed by atoms with E-state index in [2.05, 4.69) is 11.1 Å². The molecule has 0 bridgehead atoms. The van der Waals surface area contributed by atoms with E-state index in [1.807, 2.05) is 6.92 Å². The first-order valence-electron chi connectivity index (χ1n) is 4.99. The van der Waals surface area contributed by atoms with Gasteiger partial charge in [-0.25, -0.2) is 4.98 Å². The maximum Gasteiger partial charge on any atom is 0.220 e. The van der Waals surface area contributed by atoms with Crippen LogP contribution in [-0.2, 0) is 0 Å². The van der Waals surface area contributed by atoms with Crippen molar-refractivity contribution in [3.05, 3.63) is 52.7 Å². The Hall–Kier alpha value is -2.05. The first kappa shape index (κ1) is 11.4. The van der Waals surface area contributed by atoms with Crippen molar-refractivity contribution >= 4 is 11.6 Å². The van der Waals surface area contributed by atoms with Gasteiger partial charge in [0.1, 0.15) is 5.75 Å². The van der Waals surface area contributed by atoms with Gasteiger partial charge >= 0.3 is 0 Å². The second-order valence-corrected chi connectivity index (χ2v) is 3.94. The van der Waals surface area contributed by atoms with E-state index in [4.69, 9.17) is 21.6 Å². The monoisotopic (exact) mass is 244 g/mol. The number of hydrogen-bond acceptors (Lipinski definition) is 3. The fraction of sp³-hybridized carbons (Fsp3) is 0.0769. The summed E-state index contributed by atoms with van der Waals surface area (Å²) in [5.41, 5.74) is 1.27. The number of ether oxygens (including phenoxy) is 1. The topological polar surface area (TPSA) is 45.9 Å². The van der Waals surface area contributed by atoms with Crippen LogP contribution < -0.4 is 4.74 Å². The Balaban J connectivity index is 2.27. The van der Waals surface area contributed by atoms with Crippen LogP contribution in [-0.4, -0.2) is 4.98 Å². The summed E-state index contributed by atoms with van der Waals surface area (Å²) < 4.78 is 5.54. The molecule has 0 unspecified atom stereocenters. The Morgan fingerprint density at radius 1 is 1.24 bits per heavy atom. The van der Waals surface area contributed by atoms with Gasteiger partial charge in [0.05, 0.1) is 11.6 Å². The largest absolute Gasteiger partial charge is 0.439 e. The van der Waals surface area contributed by atoms with Crippen LogP contribution in [0.2, 0.25) is 5.02 Å². The van der Waals surface area contributed by atoms with E-state index in [1.165, 1.54) is 0 Å². The third-order valence-electron chi connectivity index (χ3n) is 2.10. The normalized spacial score (nSPS) is 9.71. The lowest BCUT2D eigenvalue weighted by atomic mass is 10.2. The summed E-state index contributed by atoms with van der Waals surface area (Å²) in [4.78, 5) is 4.19. The van der Waals surface area contributed by atoms with E-state index in [-0.39, 0.29) is 0 Å². The summed E-state index contributed by atoms with van der Waals surface area (Å²) in [7, 11) is 0. The summed E-state index contributed by atoms with van der Waals surface area (Å²) >= 11 is 5.77. The summed E-state index contributed by atoms with van der Waals surface area (Å²) in [6.07, 6.45) is 0. The van der Waals surface area contributed by atoms with Gasteiger partial charge in [-0.3, -0.25) is 0 Å². The smallest absolute Gasteiger partial charge is 0.220 e. The second-order valence-electron chi connectivity index (χ2n) is 3.50. The van der Waals surface area contributed by atoms with Crippen molar-refractivity contribution < 1.29 is 4.74 Å². The minimum Gasteiger partial charge on any atom is -0.439 e. The molecule has 4 heteroatoms. The SMILES string of the molecule is Cc1cc(C#N)cc(Oc2ccc(Cl)cc2)n1. The standard InChI is InChI=1S/C13H9ClN2O/c1-9-6-10(8-15)7-13(16-9)17-12-4-2-11(14)3-5-12/h2-7H,1H3. The molecule has 0 amide bonds. The lowest BCUT2D eigenvalue weighted by Gasteiger charge is -2.05. The average molecular weight is 245 g/mol. The number of hydrogen-bond donors (Lipinski definition) is 0. The van der Waals surface area contributed by atoms with E-state index in [0.29, 0.717) is 22.2 Å². The van der Waals surface area contributed by atoms with Crippen LogP contribution in [0.3, 0.4) is 0 Å². The molecule has 0 fully saturated rings. The van der Waals surface area contributed by atoms with E-state index < -0.39 is 0 Å². The zero-order chi connectivity index (χ0) is 12.3. The second kappa shape index (κ2) is 4.86. The molecule has 3 nitrogen and oxygen atoms in total. The molecule has 1 aromatic heterocycles. The highest BCUT2D eigenvalue weighted by Crippen LogP contribution is 2.22. The van der Waals surface area contributed by atoms with Gasteiger partial charge in [-0.15, -0.1) is 0 Å². The van der Waals surface area contributed by atoms with Gasteiger partial charge in [-0.1, -0.05) is 11.6 Å². The third-order valence-corrected chi connectivity index (χ3v) is 2.35. The first-order valence-corrected chi connectivity index (χ1v) is 5.37. The van der Waals surface area contributed by atoms with Crippen molar-refractivity contribution in [2.24, 2.45) is 0 Å². The minimum atomic E-state index is 0.406. The lowest BCUT2D eigenvalue weighted by molar-refractivity contribution is 0.461. The van der Waals surface area contributed by atoms with Gasteiger partial charge < -0.3 is 4.74 Å². The minimum absolute atomic E-state index is 0.406. The van der Waals surface area contributed by atoms with Crippen molar-refractivity contribution in [3.63, 3.8) is 0 Å². The number of aromatic nitrogens is 1. The van der Waals surface area contributed by atoms with E-state index in [1.54, 1.807) is 36.4 Å². The molecule has 1 aromatic carbocycles. The number of halogens is 1. The molecule has 84 valence electrons. The van der Waals surface area contributed by atoms with Gasteiger partial charge in [0.2, 0.25) is 5.88 Å². The molecule has 0 saturated heterocycles. The molecule has 0 saturated carbocycles. The maximum atomic E-state index is 8.84. The average Bonchev–Trinajstić information content (AvgIpc) is 2.31. The fourth-order valence-electron chi connectivity index (χ4n) is 1.38. The predicted octanol–water partition coefficient (Wildman–Crippen LogP) is 3.71. The molecule has 0 aliphatic carbocycles. The summed E-state index contributed by atoms with van der Waals surface area (Å²) in [5.74, 6) is 1.04. The molecule has 0 atom stereocenters. The molecule has 0 N–H and O–H groups in total. The zero-order valence-electron chi connectivity index (χ0n) is 9.14. The van der Waals surface area contributed by atoms with Crippen LogP contribution in [0.4, 0.5) is 0 Å². The van der Waals surface area contributed by atoms with Gasteiger partial charge in [-0.2, -0.15) is 5.26 Å². The van der Waals surface area contributed by atoms with Gasteiger partial charge in [-0.05, 0) is 37.3 Å². The van der Waals surface area contributed by atoms with Crippen LogP contribution in [0, 0.1) is 18.3 Å². The predicted molar refractivity (Wildman–Crippen MR) is 65.2 cm³/mol. The zero-order valence-corrected chi connectivity index (χ0v) is 9.90. The summed E-state index contributed by atoms with van der Waals surface area (Å²) in [6.45, 7) is 1.82. The highest BCUT2D eigenvalue weighted by atomic mass is 35.5. The van der Waals surface area contributed by atoms with Gasteiger partial charge in [0, 0.05) is 16.8 Å². The molecule has 0 aliphatic heterocycles. The van der Waals surface area contributed by atoms with Crippen molar-refractivity contribution in [3.8, 4) is 17.7 Å². The lowest BCUT2D eigenvalue weighted by Crippen LogP contribution is -1.91. The molecule has 2 aromatic rings. The van der Waals surface area contributed by atoms with Crippen molar-refractivity contribution in [2.75, 3.05) is 0 Å². The maximum absolute atomic E-state index is 8.84. The number of pyridine rings is 1. The molecule has 1 heterocycles. The summed E-state index contributed by atoms with van der Waals surface area (Å²) in [5, 5.41) is 9.48. The van der Waals surface area contributed by atoms with Crippen LogP contribution in [0.5, 0.6) is 11.6 Å². The van der Waals surface area contributed by atoms with Crippen LogP contribution in [0.15, 0.2) is 36.4 Å². The Labute approximate surface area is 104 Å². The molecule has 2 rings (SSSR count). The Morgan fingerprint density at radius 2 is 1.94 bits per heavy atom. The molecule has 17 heavy (non-hydrogen) atoms. The molecule has 0 radical (unpaired) electrons. The molecular weight excluding hydrogens is 236 g/mol. The summed E-state index contributed by atoms with van der Waals surface area (Å²) in [6, 6.07) is 12.3. The van der Waals surface area contributed by atoms with Crippen molar-refractivity contribution in [1.82, 2.24) is 4.98 Å². The Kier molecular flexibility index (Phi) is 3.27. The van der Waals surface area contributed by atoms with Crippen molar-refractivity contribution in [2.45, 2.75) is 6.92 Å². The number of rotatable bonds is 2. The van der Waals surface area contributed by atoms with Gasteiger partial charge in [0.15, 0.2) is 0 Å². The van der Waals surface area contributed by atoms with Gasteiger partial charge in [0.25, 0.3) is 0 Å².